The van der Waals surface area contributed by atoms with Crippen molar-refractivity contribution in [2.24, 2.45) is 5.73 Å². The zero-order valence-corrected chi connectivity index (χ0v) is 10.5. The van der Waals surface area contributed by atoms with E-state index in [0.717, 1.165) is 10.4 Å². The zero-order chi connectivity index (χ0) is 12.6. The van der Waals surface area contributed by atoms with Crippen molar-refractivity contribution in [1.29, 1.82) is 0 Å². The van der Waals surface area contributed by atoms with Crippen LogP contribution in [-0.4, -0.2) is 11.0 Å². The minimum Gasteiger partial charge on any atom is -0.507 e. The normalized spacial score (nSPS) is 10.5. The molecule has 1 aromatic heterocycles. The van der Waals surface area contributed by atoms with Gasteiger partial charge in [0.15, 0.2) is 0 Å². The predicted molar refractivity (Wildman–Crippen MR) is 69.4 cm³/mol. The molecular weight excluding hydrogens is 234 g/mol. The maximum absolute atomic E-state index is 11.0. The van der Waals surface area contributed by atoms with E-state index in [2.05, 4.69) is 6.07 Å². The number of benzene rings is 1. The van der Waals surface area contributed by atoms with Gasteiger partial charge in [-0.1, -0.05) is 6.07 Å². The molecule has 2 rings (SSSR count). The Kier molecular flexibility index (Phi) is 2.90. The van der Waals surface area contributed by atoms with E-state index >= 15 is 0 Å². The third-order valence-corrected chi connectivity index (χ3v) is 3.77. The molecule has 0 aliphatic rings. The fourth-order valence-electron chi connectivity index (χ4n) is 1.81. The number of phenols is 1. The Morgan fingerprint density at radius 2 is 2.00 bits per heavy atom. The SMILES string of the molecule is Cc1cc(C)c(-c2ccc(C(N)=O)c(O)c2)s1. The number of nitrogens with two attached hydrogens (primary N) is 1. The molecule has 0 unspecified atom stereocenters. The number of hydrogen-bond acceptors (Lipinski definition) is 3. The van der Waals surface area contributed by atoms with Crippen LogP contribution in [0.2, 0.25) is 0 Å². The van der Waals surface area contributed by atoms with Crippen LogP contribution in [0.4, 0.5) is 0 Å². The van der Waals surface area contributed by atoms with Gasteiger partial charge >= 0.3 is 0 Å². The number of rotatable bonds is 2. The monoisotopic (exact) mass is 247 g/mol. The molecular formula is C13H13NO2S. The van der Waals surface area contributed by atoms with Crippen molar-refractivity contribution >= 4 is 17.2 Å². The molecule has 1 amide bonds. The van der Waals surface area contributed by atoms with Crippen molar-refractivity contribution < 1.29 is 9.90 Å². The lowest BCUT2D eigenvalue weighted by Gasteiger charge is -2.04. The van der Waals surface area contributed by atoms with E-state index in [1.807, 2.05) is 13.8 Å². The van der Waals surface area contributed by atoms with Gasteiger partial charge in [0.1, 0.15) is 5.75 Å². The van der Waals surface area contributed by atoms with Gasteiger partial charge in [0.05, 0.1) is 5.56 Å². The van der Waals surface area contributed by atoms with E-state index in [9.17, 15) is 9.90 Å². The summed E-state index contributed by atoms with van der Waals surface area (Å²) in [6.45, 7) is 4.07. The first-order valence-electron chi connectivity index (χ1n) is 5.19. The first-order valence-corrected chi connectivity index (χ1v) is 6.01. The van der Waals surface area contributed by atoms with E-state index in [-0.39, 0.29) is 11.3 Å². The number of aromatic hydroxyl groups is 1. The molecule has 0 saturated heterocycles. The van der Waals surface area contributed by atoms with Crippen LogP contribution in [0.25, 0.3) is 10.4 Å². The molecule has 0 fully saturated rings. The summed E-state index contributed by atoms with van der Waals surface area (Å²) in [4.78, 5) is 13.3. The van der Waals surface area contributed by atoms with Gasteiger partial charge < -0.3 is 10.8 Å². The second-order valence-electron chi connectivity index (χ2n) is 3.97. The lowest BCUT2D eigenvalue weighted by molar-refractivity contribution is 0.0998. The summed E-state index contributed by atoms with van der Waals surface area (Å²) in [5.74, 6) is -0.686. The summed E-state index contributed by atoms with van der Waals surface area (Å²) in [6, 6.07) is 7.04. The number of carbonyl (C=O) groups excluding carboxylic acids is 1. The van der Waals surface area contributed by atoms with Crippen LogP contribution < -0.4 is 5.73 Å². The summed E-state index contributed by atoms with van der Waals surface area (Å²) in [5.41, 5.74) is 7.36. The summed E-state index contributed by atoms with van der Waals surface area (Å²) in [7, 11) is 0. The van der Waals surface area contributed by atoms with Crippen LogP contribution >= 0.6 is 11.3 Å². The molecule has 2 aromatic rings. The minimum atomic E-state index is -0.617. The first-order chi connectivity index (χ1) is 7.99. The van der Waals surface area contributed by atoms with Crippen molar-refractivity contribution in [3.63, 3.8) is 0 Å². The number of primary amides is 1. The Morgan fingerprint density at radius 3 is 2.47 bits per heavy atom. The highest BCUT2D eigenvalue weighted by Gasteiger charge is 2.11. The average Bonchev–Trinajstić information content (AvgIpc) is 2.57. The molecule has 0 spiro atoms. The molecule has 3 N–H and O–H groups in total. The van der Waals surface area contributed by atoms with Gasteiger partial charge in [0.2, 0.25) is 0 Å². The van der Waals surface area contributed by atoms with Crippen LogP contribution in [-0.2, 0) is 0 Å². The molecule has 0 aliphatic carbocycles. The molecule has 1 heterocycles. The number of carbonyl (C=O) groups is 1. The lowest BCUT2D eigenvalue weighted by atomic mass is 10.1. The van der Waals surface area contributed by atoms with Crippen LogP contribution in [0.15, 0.2) is 24.3 Å². The standard InChI is InChI=1S/C13H13NO2S/c1-7-5-8(2)17-12(7)9-3-4-10(13(14)16)11(15)6-9/h3-6,15H,1-2H3,(H2,14,16). The quantitative estimate of drug-likeness (QED) is 0.857. The molecule has 17 heavy (non-hydrogen) atoms. The maximum Gasteiger partial charge on any atom is 0.252 e. The second kappa shape index (κ2) is 4.22. The number of thiophene rings is 1. The fourth-order valence-corrected chi connectivity index (χ4v) is 2.83. The highest BCUT2D eigenvalue weighted by atomic mass is 32.1. The lowest BCUT2D eigenvalue weighted by Crippen LogP contribution is -2.10. The summed E-state index contributed by atoms with van der Waals surface area (Å²) >= 11 is 1.66. The Bertz CT molecular complexity index is 587. The Balaban J connectivity index is 2.51. The molecule has 88 valence electrons. The van der Waals surface area contributed by atoms with Crippen molar-refractivity contribution in [3.8, 4) is 16.2 Å². The smallest absolute Gasteiger partial charge is 0.252 e. The van der Waals surface area contributed by atoms with Gasteiger partial charge in [-0.05, 0) is 43.2 Å². The van der Waals surface area contributed by atoms with Gasteiger partial charge in [0.25, 0.3) is 5.91 Å². The van der Waals surface area contributed by atoms with Gasteiger partial charge in [0, 0.05) is 9.75 Å². The van der Waals surface area contributed by atoms with Crippen molar-refractivity contribution in [2.75, 3.05) is 0 Å². The molecule has 0 saturated carbocycles. The molecule has 0 bridgehead atoms. The number of aryl methyl sites for hydroxylation is 2. The van der Waals surface area contributed by atoms with Crippen LogP contribution in [0.3, 0.4) is 0 Å². The first kappa shape index (κ1) is 11.7. The van der Waals surface area contributed by atoms with Crippen LogP contribution in [0, 0.1) is 13.8 Å². The molecule has 3 nitrogen and oxygen atoms in total. The molecule has 1 aromatic carbocycles. The van der Waals surface area contributed by atoms with Gasteiger partial charge in [-0.2, -0.15) is 0 Å². The zero-order valence-electron chi connectivity index (χ0n) is 9.65. The third-order valence-electron chi connectivity index (χ3n) is 2.57. The maximum atomic E-state index is 11.0. The van der Waals surface area contributed by atoms with Crippen LogP contribution in [0.5, 0.6) is 5.75 Å². The summed E-state index contributed by atoms with van der Waals surface area (Å²) in [6.07, 6.45) is 0. The van der Waals surface area contributed by atoms with E-state index in [0.29, 0.717) is 0 Å². The number of hydrogen-bond donors (Lipinski definition) is 2. The summed E-state index contributed by atoms with van der Waals surface area (Å²) < 4.78 is 0. The van der Waals surface area contributed by atoms with Crippen molar-refractivity contribution in [1.82, 2.24) is 0 Å². The Labute approximate surface area is 104 Å². The van der Waals surface area contributed by atoms with Gasteiger partial charge in [-0.25, -0.2) is 0 Å². The molecule has 4 heteroatoms. The Hall–Kier alpha value is -1.81. The van der Waals surface area contributed by atoms with Crippen LogP contribution in [0.1, 0.15) is 20.8 Å². The highest BCUT2D eigenvalue weighted by molar-refractivity contribution is 7.15. The fraction of sp³-hybridized carbons (Fsp3) is 0.154. The van der Waals surface area contributed by atoms with Crippen molar-refractivity contribution in [2.45, 2.75) is 13.8 Å². The minimum absolute atomic E-state index is 0.0690. The van der Waals surface area contributed by atoms with E-state index in [1.165, 1.54) is 10.4 Å². The predicted octanol–water partition coefficient (Wildman–Crippen LogP) is 2.84. The van der Waals surface area contributed by atoms with Gasteiger partial charge in [-0.15, -0.1) is 11.3 Å². The van der Waals surface area contributed by atoms with E-state index < -0.39 is 5.91 Å². The third kappa shape index (κ3) is 2.17. The topological polar surface area (TPSA) is 63.3 Å². The van der Waals surface area contributed by atoms with E-state index in [4.69, 9.17) is 5.73 Å². The van der Waals surface area contributed by atoms with Crippen molar-refractivity contribution in [3.05, 3.63) is 40.3 Å². The highest BCUT2D eigenvalue weighted by Crippen LogP contribution is 2.34. The second-order valence-corrected chi connectivity index (χ2v) is 5.22. The van der Waals surface area contributed by atoms with Gasteiger partial charge in [-0.3, -0.25) is 4.79 Å². The molecule has 0 aliphatic heterocycles. The Morgan fingerprint density at radius 1 is 1.29 bits per heavy atom. The average molecular weight is 247 g/mol. The summed E-state index contributed by atoms with van der Waals surface area (Å²) in [5, 5.41) is 9.72. The molecule has 0 radical (unpaired) electrons. The largest absolute Gasteiger partial charge is 0.507 e. The number of amides is 1. The molecule has 0 atom stereocenters. The van der Waals surface area contributed by atoms with E-state index in [1.54, 1.807) is 29.5 Å².